The van der Waals surface area contributed by atoms with Crippen molar-refractivity contribution in [1.29, 1.82) is 5.41 Å². The Balaban J connectivity index is 1.60. The van der Waals surface area contributed by atoms with Gasteiger partial charge in [-0.1, -0.05) is 19.1 Å². The lowest BCUT2D eigenvalue weighted by molar-refractivity contribution is -0.274. The second-order valence-corrected chi connectivity index (χ2v) is 8.26. The zero-order chi connectivity index (χ0) is 23.8. The first kappa shape index (κ1) is 24.7. The minimum atomic E-state index is -4.71. The van der Waals surface area contributed by atoms with Gasteiger partial charge in [0.2, 0.25) is 0 Å². The van der Waals surface area contributed by atoms with Crippen molar-refractivity contribution >= 4 is 11.6 Å². The van der Waals surface area contributed by atoms with Crippen molar-refractivity contribution in [2.75, 3.05) is 31.1 Å². The van der Waals surface area contributed by atoms with Gasteiger partial charge < -0.3 is 25.0 Å². The van der Waals surface area contributed by atoms with Crippen LogP contribution in [-0.2, 0) is 6.61 Å². The van der Waals surface area contributed by atoms with Crippen molar-refractivity contribution in [1.82, 2.24) is 4.90 Å². The molecule has 3 N–H and O–H groups in total. The number of ether oxygens (including phenoxy) is 2. The number of halogens is 3. The van der Waals surface area contributed by atoms with Crippen LogP contribution in [0.15, 0.2) is 48.5 Å². The molecule has 0 radical (unpaired) electrons. The highest BCUT2D eigenvalue weighted by Crippen LogP contribution is 2.25. The first-order valence-electron chi connectivity index (χ1n) is 11.1. The number of guanidine groups is 1. The van der Waals surface area contributed by atoms with E-state index in [1.807, 2.05) is 29.2 Å². The summed E-state index contributed by atoms with van der Waals surface area (Å²) in [6, 6.07) is 13.1. The Kier molecular flexibility index (Phi) is 8.43. The van der Waals surface area contributed by atoms with Crippen molar-refractivity contribution in [2.45, 2.75) is 39.2 Å². The summed E-state index contributed by atoms with van der Waals surface area (Å²) >= 11 is 0. The smallest absolute Gasteiger partial charge is 0.489 e. The molecule has 1 fully saturated rings. The van der Waals surface area contributed by atoms with E-state index in [4.69, 9.17) is 15.9 Å². The Labute approximate surface area is 192 Å². The maximum Gasteiger partial charge on any atom is 0.573 e. The van der Waals surface area contributed by atoms with E-state index in [2.05, 4.69) is 16.6 Å². The topological polar surface area (TPSA) is 74.8 Å². The molecule has 2 aromatic carbocycles. The van der Waals surface area contributed by atoms with E-state index in [0.29, 0.717) is 30.7 Å². The molecular formula is C24H31F3N4O2. The molecule has 0 atom stereocenters. The number of nitrogens with two attached hydrogens (primary N) is 1. The maximum atomic E-state index is 12.3. The summed E-state index contributed by atoms with van der Waals surface area (Å²) in [7, 11) is 0. The highest BCUT2D eigenvalue weighted by Gasteiger charge is 2.31. The average Bonchev–Trinajstić information content (AvgIpc) is 2.79. The van der Waals surface area contributed by atoms with E-state index in [-0.39, 0.29) is 12.4 Å². The van der Waals surface area contributed by atoms with E-state index in [9.17, 15) is 13.2 Å². The molecule has 1 heterocycles. The summed E-state index contributed by atoms with van der Waals surface area (Å²) in [4.78, 5) is 4.10. The van der Waals surface area contributed by atoms with Gasteiger partial charge in [0.25, 0.3) is 0 Å². The minimum absolute atomic E-state index is 0.213. The Bertz CT molecular complexity index is 880. The van der Waals surface area contributed by atoms with Crippen LogP contribution in [0.4, 0.5) is 18.9 Å². The molecule has 1 saturated heterocycles. The monoisotopic (exact) mass is 464 g/mol. The Morgan fingerprint density at radius 1 is 1.06 bits per heavy atom. The fourth-order valence-corrected chi connectivity index (χ4v) is 3.67. The van der Waals surface area contributed by atoms with Gasteiger partial charge in [-0.25, -0.2) is 0 Å². The van der Waals surface area contributed by atoms with Gasteiger partial charge in [-0.2, -0.15) is 0 Å². The molecule has 0 spiro atoms. The fraction of sp³-hybridized carbons (Fsp3) is 0.458. The molecule has 0 bridgehead atoms. The normalized spacial score (nSPS) is 14.8. The molecular weight excluding hydrogens is 433 g/mol. The van der Waals surface area contributed by atoms with Crippen LogP contribution in [0.1, 0.15) is 31.7 Å². The van der Waals surface area contributed by atoms with Crippen LogP contribution in [0, 0.1) is 11.3 Å². The number of nitrogens with zero attached hydrogens (tertiary/aromatic N) is 2. The number of hydrogen-bond donors (Lipinski definition) is 2. The van der Waals surface area contributed by atoms with Crippen molar-refractivity contribution in [3.8, 4) is 11.5 Å². The molecule has 3 rings (SSSR count). The van der Waals surface area contributed by atoms with Crippen LogP contribution in [-0.4, -0.2) is 43.4 Å². The van der Waals surface area contributed by atoms with Gasteiger partial charge in [0.1, 0.15) is 18.1 Å². The quantitative estimate of drug-likeness (QED) is 0.426. The predicted octanol–water partition coefficient (Wildman–Crippen LogP) is 4.99. The number of alkyl halides is 3. The summed E-state index contributed by atoms with van der Waals surface area (Å²) in [5.74, 6) is 1.55. The summed E-state index contributed by atoms with van der Waals surface area (Å²) in [5.41, 5.74) is 7.33. The standard InChI is InChI=1S/C24H31F3N4O2/c1-18-11-15-30(16-12-18)23(29)31(14-2-13-28)20-5-9-21(10-6-20)32-17-19-3-7-22(8-4-19)33-24(25,26)27/h3-10,18,29H,2,11-17,28H2,1H3. The number of nitrogens with one attached hydrogen (secondary N) is 1. The second-order valence-electron chi connectivity index (χ2n) is 8.26. The number of anilines is 1. The molecule has 9 heteroatoms. The van der Waals surface area contributed by atoms with Gasteiger partial charge in [-0.05, 0) is 73.7 Å². The third kappa shape index (κ3) is 7.56. The third-order valence-electron chi connectivity index (χ3n) is 5.64. The van der Waals surface area contributed by atoms with Crippen molar-refractivity contribution in [3.05, 3.63) is 54.1 Å². The van der Waals surface area contributed by atoms with E-state index in [0.717, 1.165) is 43.6 Å². The average molecular weight is 465 g/mol. The largest absolute Gasteiger partial charge is 0.573 e. The molecule has 6 nitrogen and oxygen atoms in total. The number of benzene rings is 2. The molecule has 1 aliphatic rings. The molecule has 0 amide bonds. The Hall–Kier alpha value is -2.94. The lowest BCUT2D eigenvalue weighted by atomic mass is 9.99. The molecule has 0 aliphatic carbocycles. The lowest BCUT2D eigenvalue weighted by Crippen LogP contribution is -2.47. The van der Waals surface area contributed by atoms with E-state index in [1.54, 1.807) is 0 Å². The molecule has 2 aromatic rings. The van der Waals surface area contributed by atoms with Gasteiger partial charge in [-0.15, -0.1) is 13.2 Å². The minimum Gasteiger partial charge on any atom is -0.489 e. The SMILES string of the molecule is CC1CCN(C(=N)N(CCCN)c2ccc(OCc3ccc(OC(F)(F)F)cc3)cc2)CC1. The summed E-state index contributed by atoms with van der Waals surface area (Å²) in [6.45, 7) is 5.43. The van der Waals surface area contributed by atoms with Crippen molar-refractivity contribution in [3.63, 3.8) is 0 Å². The summed E-state index contributed by atoms with van der Waals surface area (Å²) in [6.07, 6.45) is -1.76. The first-order chi connectivity index (χ1) is 15.7. The highest BCUT2D eigenvalue weighted by atomic mass is 19.4. The Morgan fingerprint density at radius 2 is 1.67 bits per heavy atom. The summed E-state index contributed by atoms with van der Waals surface area (Å²) in [5, 5.41) is 8.74. The molecule has 180 valence electrons. The van der Waals surface area contributed by atoms with Gasteiger partial charge >= 0.3 is 6.36 Å². The summed E-state index contributed by atoms with van der Waals surface area (Å²) < 4.78 is 46.5. The van der Waals surface area contributed by atoms with E-state index >= 15 is 0 Å². The van der Waals surface area contributed by atoms with Crippen molar-refractivity contribution < 1.29 is 22.6 Å². The number of rotatable bonds is 8. The molecule has 0 saturated carbocycles. The molecule has 1 aliphatic heterocycles. The zero-order valence-corrected chi connectivity index (χ0v) is 18.8. The van der Waals surface area contributed by atoms with Crippen LogP contribution < -0.4 is 20.1 Å². The third-order valence-corrected chi connectivity index (χ3v) is 5.64. The van der Waals surface area contributed by atoms with Gasteiger partial charge in [-0.3, -0.25) is 5.41 Å². The number of piperidine rings is 1. The van der Waals surface area contributed by atoms with Gasteiger partial charge in [0, 0.05) is 25.3 Å². The van der Waals surface area contributed by atoms with Gasteiger partial charge in [0.15, 0.2) is 5.96 Å². The van der Waals surface area contributed by atoms with Crippen LogP contribution in [0.3, 0.4) is 0 Å². The van der Waals surface area contributed by atoms with E-state index in [1.165, 1.54) is 24.3 Å². The van der Waals surface area contributed by atoms with Crippen LogP contribution in [0.2, 0.25) is 0 Å². The van der Waals surface area contributed by atoms with Gasteiger partial charge in [0.05, 0.1) is 0 Å². The van der Waals surface area contributed by atoms with Crippen molar-refractivity contribution in [2.24, 2.45) is 11.7 Å². The Morgan fingerprint density at radius 3 is 2.24 bits per heavy atom. The molecule has 0 unspecified atom stereocenters. The fourth-order valence-electron chi connectivity index (χ4n) is 3.67. The lowest BCUT2D eigenvalue weighted by Gasteiger charge is -2.37. The molecule has 0 aromatic heterocycles. The predicted molar refractivity (Wildman–Crippen MR) is 123 cm³/mol. The molecule has 33 heavy (non-hydrogen) atoms. The van der Waals surface area contributed by atoms with Crippen LogP contribution in [0.5, 0.6) is 11.5 Å². The second kappa shape index (κ2) is 11.3. The van der Waals surface area contributed by atoms with E-state index < -0.39 is 6.36 Å². The maximum absolute atomic E-state index is 12.3. The first-order valence-corrected chi connectivity index (χ1v) is 11.1. The van der Waals surface area contributed by atoms with Crippen LogP contribution >= 0.6 is 0 Å². The zero-order valence-electron chi connectivity index (χ0n) is 18.8. The number of likely N-dealkylation sites (tertiary alicyclic amines) is 1. The number of hydrogen-bond acceptors (Lipinski definition) is 4. The van der Waals surface area contributed by atoms with Crippen LogP contribution in [0.25, 0.3) is 0 Å². The highest BCUT2D eigenvalue weighted by molar-refractivity contribution is 5.93.